The lowest BCUT2D eigenvalue weighted by Crippen LogP contribution is -2.26. The van der Waals surface area contributed by atoms with E-state index in [2.05, 4.69) is 10.3 Å². The number of nitrogens with one attached hydrogen (secondary N) is 1. The molecule has 0 aliphatic carbocycles. The van der Waals surface area contributed by atoms with Gasteiger partial charge in [0.2, 0.25) is 5.91 Å². The second-order valence-electron chi connectivity index (χ2n) is 6.76. The number of rotatable bonds is 5. The van der Waals surface area contributed by atoms with E-state index in [0.29, 0.717) is 37.5 Å². The van der Waals surface area contributed by atoms with Crippen molar-refractivity contribution in [1.82, 2.24) is 9.55 Å². The number of carbonyl (C=O) groups is 1. The van der Waals surface area contributed by atoms with Crippen LogP contribution in [0.3, 0.4) is 0 Å². The molecule has 3 aromatic carbocycles. The number of hydrogen-bond acceptors (Lipinski definition) is 4. The maximum atomic E-state index is 13.3. The standard InChI is InChI=1S/C23H17Cl2N3O2S/c1-14(21(29)26-16-12-10-15(24)11-13-16)31-23-27-19-8-4-2-6-17(19)22(30)28(23)20-9-5-3-7-18(20)25/h2-14H,1H3,(H,26,29). The van der Waals surface area contributed by atoms with Gasteiger partial charge in [-0.15, -0.1) is 0 Å². The monoisotopic (exact) mass is 469 g/mol. The average Bonchev–Trinajstić information content (AvgIpc) is 2.76. The van der Waals surface area contributed by atoms with E-state index in [-0.39, 0.29) is 11.5 Å². The van der Waals surface area contributed by atoms with Gasteiger partial charge in [-0.1, -0.05) is 59.2 Å². The molecular formula is C23H17Cl2N3O2S. The third-order valence-electron chi connectivity index (χ3n) is 4.60. The molecule has 0 aliphatic rings. The Hall–Kier alpha value is -2.80. The fourth-order valence-corrected chi connectivity index (χ4v) is 4.29. The van der Waals surface area contributed by atoms with Crippen LogP contribution in [0.1, 0.15) is 6.92 Å². The predicted octanol–water partition coefficient (Wildman–Crippen LogP) is 5.81. The van der Waals surface area contributed by atoms with Gasteiger partial charge in [-0.2, -0.15) is 0 Å². The Morgan fingerprint density at radius 2 is 1.68 bits per heavy atom. The number of amides is 1. The minimum Gasteiger partial charge on any atom is -0.325 e. The molecule has 1 amide bonds. The fraction of sp³-hybridized carbons (Fsp3) is 0.0870. The first-order valence-corrected chi connectivity index (χ1v) is 11.1. The molecule has 31 heavy (non-hydrogen) atoms. The van der Waals surface area contributed by atoms with E-state index >= 15 is 0 Å². The smallest absolute Gasteiger partial charge is 0.266 e. The topological polar surface area (TPSA) is 64.0 Å². The van der Waals surface area contributed by atoms with Crippen molar-refractivity contribution in [2.75, 3.05) is 5.32 Å². The van der Waals surface area contributed by atoms with Crippen molar-refractivity contribution < 1.29 is 4.79 Å². The molecule has 1 aromatic heterocycles. The van der Waals surface area contributed by atoms with Crippen molar-refractivity contribution in [3.8, 4) is 5.69 Å². The molecule has 4 aromatic rings. The molecule has 1 unspecified atom stereocenters. The third kappa shape index (κ3) is 4.61. The Bertz CT molecular complexity index is 1320. The number of fused-ring (bicyclic) bond motifs is 1. The van der Waals surface area contributed by atoms with Crippen LogP contribution in [0.5, 0.6) is 0 Å². The number of hydrogen-bond donors (Lipinski definition) is 1. The molecule has 0 fully saturated rings. The second kappa shape index (κ2) is 9.14. The van der Waals surface area contributed by atoms with Gasteiger partial charge in [-0.25, -0.2) is 4.98 Å². The SMILES string of the molecule is CC(Sc1nc2ccccc2c(=O)n1-c1ccccc1Cl)C(=O)Nc1ccc(Cl)cc1. The molecule has 0 aliphatic heterocycles. The normalized spacial score (nSPS) is 12.0. The fourth-order valence-electron chi connectivity index (χ4n) is 3.03. The van der Waals surface area contributed by atoms with Crippen LogP contribution in [0.4, 0.5) is 5.69 Å². The summed E-state index contributed by atoms with van der Waals surface area (Å²) in [6, 6.07) is 21.0. The maximum absolute atomic E-state index is 13.3. The summed E-state index contributed by atoms with van der Waals surface area (Å²) in [6.07, 6.45) is 0. The van der Waals surface area contributed by atoms with Crippen LogP contribution in [0.15, 0.2) is 82.7 Å². The zero-order chi connectivity index (χ0) is 22.0. The largest absolute Gasteiger partial charge is 0.325 e. The quantitative estimate of drug-likeness (QED) is 0.295. The van der Waals surface area contributed by atoms with Crippen LogP contribution in [-0.2, 0) is 4.79 Å². The first kappa shape index (κ1) is 21.4. The van der Waals surface area contributed by atoms with Gasteiger partial charge < -0.3 is 5.32 Å². The molecule has 0 bridgehead atoms. The van der Waals surface area contributed by atoms with Crippen molar-refractivity contribution in [3.63, 3.8) is 0 Å². The minimum atomic E-state index is -0.530. The average molecular weight is 470 g/mol. The lowest BCUT2D eigenvalue weighted by molar-refractivity contribution is -0.115. The highest BCUT2D eigenvalue weighted by atomic mass is 35.5. The van der Waals surface area contributed by atoms with Gasteiger partial charge in [0.1, 0.15) is 0 Å². The van der Waals surface area contributed by atoms with Gasteiger partial charge in [0.05, 0.1) is 26.9 Å². The molecule has 0 spiro atoms. The summed E-state index contributed by atoms with van der Waals surface area (Å²) >= 11 is 13.5. The molecule has 1 N–H and O–H groups in total. The van der Waals surface area contributed by atoms with Gasteiger partial charge >= 0.3 is 0 Å². The number of benzene rings is 3. The number of halogens is 2. The number of para-hydroxylation sites is 2. The molecule has 0 saturated carbocycles. The van der Waals surface area contributed by atoms with Crippen molar-refractivity contribution in [2.24, 2.45) is 0 Å². The Morgan fingerprint density at radius 3 is 2.42 bits per heavy atom. The highest BCUT2D eigenvalue weighted by molar-refractivity contribution is 8.00. The van der Waals surface area contributed by atoms with E-state index in [4.69, 9.17) is 23.2 Å². The Morgan fingerprint density at radius 1 is 1.00 bits per heavy atom. The molecule has 0 saturated heterocycles. The number of thioether (sulfide) groups is 1. The summed E-state index contributed by atoms with van der Waals surface area (Å²) in [6.45, 7) is 1.76. The van der Waals surface area contributed by atoms with Crippen molar-refractivity contribution in [1.29, 1.82) is 0 Å². The zero-order valence-electron chi connectivity index (χ0n) is 16.4. The molecule has 1 atom stereocenters. The highest BCUT2D eigenvalue weighted by Gasteiger charge is 2.21. The summed E-state index contributed by atoms with van der Waals surface area (Å²) in [5.74, 6) is -0.222. The van der Waals surface area contributed by atoms with Crippen LogP contribution in [0.2, 0.25) is 10.0 Å². The molecule has 0 radical (unpaired) electrons. The second-order valence-corrected chi connectivity index (χ2v) is 8.91. The number of nitrogens with zero attached hydrogens (tertiary/aromatic N) is 2. The summed E-state index contributed by atoms with van der Waals surface area (Å²) in [7, 11) is 0. The van der Waals surface area contributed by atoms with E-state index in [0.717, 1.165) is 0 Å². The van der Waals surface area contributed by atoms with Gasteiger partial charge in [-0.05, 0) is 55.5 Å². The minimum absolute atomic E-state index is 0.222. The van der Waals surface area contributed by atoms with Crippen LogP contribution < -0.4 is 10.9 Å². The Labute approximate surface area is 193 Å². The Kier molecular flexibility index (Phi) is 6.32. The predicted molar refractivity (Wildman–Crippen MR) is 128 cm³/mol. The summed E-state index contributed by atoms with van der Waals surface area (Å²) < 4.78 is 1.46. The number of anilines is 1. The van der Waals surface area contributed by atoms with Crippen LogP contribution in [-0.4, -0.2) is 20.7 Å². The third-order valence-corrected chi connectivity index (χ3v) is 6.23. The maximum Gasteiger partial charge on any atom is 0.266 e. The number of aromatic nitrogens is 2. The first-order valence-electron chi connectivity index (χ1n) is 9.44. The summed E-state index contributed by atoms with van der Waals surface area (Å²) in [5, 5.41) is 4.19. The van der Waals surface area contributed by atoms with Crippen LogP contribution in [0.25, 0.3) is 16.6 Å². The summed E-state index contributed by atoms with van der Waals surface area (Å²) in [4.78, 5) is 30.7. The van der Waals surface area contributed by atoms with E-state index < -0.39 is 5.25 Å². The number of carbonyl (C=O) groups excluding carboxylic acids is 1. The van der Waals surface area contributed by atoms with Gasteiger partial charge in [0.25, 0.3) is 5.56 Å². The van der Waals surface area contributed by atoms with E-state index in [1.54, 1.807) is 73.7 Å². The van der Waals surface area contributed by atoms with E-state index in [1.807, 2.05) is 6.07 Å². The molecule has 4 rings (SSSR count). The van der Waals surface area contributed by atoms with Crippen LogP contribution >= 0.6 is 35.0 Å². The van der Waals surface area contributed by atoms with Gasteiger partial charge in [-0.3, -0.25) is 14.2 Å². The molecular weight excluding hydrogens is 453 g/mol. The van der Waals surface area contributed by atoms with Crippen molar-refractivity contribution in [2.45, 2.75) is 17.3 Å². The van der Waals surface area contributed by atoms with E-state index in [1.165, 1.54) is 16.3 Å². The lowest BCUT2D eigenvalue weighted by atomic mass is 10.2. The van der Waals surface area contributed by atoms with E-state index in [9.17, 15) is 9.59 Å². The summed E-state index contributed by atoms with van der Waals surface area (Å²) in [5.41, 5.74) is 1.46. The van der Waals surface area contributed by atoms with Crippen LogP contribution in [0, 0.1) is 0 Å². The molecule has 8 heteroatoms. The first-order chi connectivity index (χ1) is 14.9. The molecule has 156 valence electrons. The highest BCUT2D eigenvalue weighted by Crippen LogP contribution is 2.28. The van der Waals surface area contributed by atoms with Crippen molar-refractivity contribution >= 4 is 57.5 Å². The molecule has 5 nitrogen and oxygen atoms in total. The Balaban J connectivity index is 1.73. The zero-order valence-corrected chi connectivity index (χ0v) is 18.7. The molecule has 1 heterocycles. The van der Waals surface area contributed by atoms with Gasteiger partial charge in [0, 0.05) is 10.7 Å². The van der Waals surface area contributed by atoms with Gasteiger partial charge in [0.15, 0.2) is 5.16 Å². The lowest BCUT2D eigenvalue weighted by Gasteiger charge is -2.17. The van der Waals surface area contributed by atoms with Crippen molar-refractivity contribution in [3.05, 3.63) is 93.2 Å².